The summed E-state index contributed by atoms with van der Waals surface area (Å²) in [5.41, 5.74) is 3.83. The Morgan fingerprint density at radius 1 is 1.26 bits per heavy atom. The molecule has 0 aliphatic carbocycles. The highest BCUT2D eigenvalue weighted by Gasteiger charge is 2.24. The van der Waals surface area contributed by atoms with E-state index in [1.54, 1.807) is 35.7 Å². The van der Waals surface area contributed by atoms with Crippen LogP contribution in [0.1, 0.15) is 39.3 Å². The first-order valence-electron chi connectivity index (χ1n) is 10.2. The van der Waals surface area contributed by atoms with Crippen molar-refractivity contribution >= 4 is 23.2 Å². The van der Waals surface area contributed by atoms with Crippen molar-refractivity contribution in [3.05, 3.63) is 64.4 Å². The van der Waals surface area contributed by atoms with E-state index in [4.69, 9.17) is 4.74 Å². The quantitative estimate of drug-likeness (QED) is 0.611. The van der Waals surface area contributed by atoms with Gasteiger partial charge in [-0.3, -0.25) is 14.3 Å². The van der Waals surface area contributed by atoms with Gasteiger partial charge in [-0.25, -0.2) is 4.98 Å². The second kappa shape index (κ2) is 9.74. The maximum atomic E-state index is 12.9. The van der Waals surface area contributed by atoms with Gasteiger partial charge in [0.15, 0.2) is 0 Å². The van der Waals surface area contributed by atoms with Crippen LogP contribution in [0.2, 0.25) is 0 Å². The summed E-state index contributed by atoms with van der Waals surface area (Å²) < 4.78 is 7.37. The maximum absolute atomic E-state index is 12.9. The lowest BCUT2D eigenvalue weighted by Crippen LogP contribution is -2.41. The van der Waals surface area contributed by atoms with Crippen molar-refractivity contribution in [2.75, 3.05) is 19.6 Å². The van der Waals surface area contributed by atoms with Crippen molar-refractivity contribution in [3.63, 3.8) is 0 Å². The highest BCUT2D eigenvalue weighted by molar-refractivity contribution is 7.07. The Balaban J connectivity index is 1.25. The first-order valence-corrected chi connectivity index (χ1v) is 11.2. The molecule has 1 aliphatic heterocycles. The summed E-state index contributed by atoms with van der Waals surface area (Å²) in [6.45, 7) is 2.35. The topological polar surface area (TPSA) is 89.4 Å². The van der Waals surface area contributed by atoms with Crippen LogP contribution in [0.25, 0.3) is 0 Å². The van der Waals surface area contributed by atoms with Gasteiger partial charge in [0.05, 0.1) is 23.0 Å². The number of piperidine rings is 1. The molecule has 1 fully saturated rings. The normalized spacial score (nSPS) is 14.4. The fourth-order valence-corrected chi connectivity index (χ4v) is 4.13. The smallest absolute Gasteiger partial charge is 0.254 e. The number of rotatable bonds is 7. The Hall–Kier alpha value is -3.20. The standard InChI is InChI=1S/C22H25N5O3S/c1-26-12-18(11-25-26)21(28)23-10-16-5-7-27(8-6-16)22(29)17-3-2-4-20(9-17)30-13-19-14-31-15-24-19/h2-4,9,11-12,14-16H,5-8,10,13H2,1H3,(H,23,28). The van der Waals surface area contributed by atoms with E-state index < -0.39 is 0 Å². The Kier molecular flexibility index (Phi) is 6.61. The molecule has 4 rings (SSSR count). The van der Waals surface area contributed by atoms with E-state index in [1.807, 2.05) is 28.5 Å². The van der Waals surface area contributed by atoms with Gasteiger partial charge < -0.3 is 15.0 Å². The second-order valence-electron chi connectivity index (χ2n) is 7.64. The third kappa shape index (κ3) is 5.49. The molecule has 0 spiro atoms. The van der Waals surface area contributed by atoms with E-state index >= 15 is 0 Å². The zero-order chi connectivity index (χ0) is 21.6. The molecule has 2 amide bonds. The number of hydrogen-bond acceptors (Lipinski definition) is 6. The van der Waals surface area contributed by atoms with Gasteiger partial charge in [-0.2, -0.15) is 5.10 Å². The average molecular weight is 440 g/mol. The molecule has 0 unspecified atom stereocenters. The summed E-state index contributed by atoms with van der Waals surface area (Å²) in [5, 5.41) is 8.94. The van der Waals surface area contributed by atoms with E-state index in [9.17, 15) is 9.59 Å². The lowest BCUT2D eigenvalue weighted by molar-refractivity contribution is 0.0684. The highest BCUT2D eigenvalue weighted by Crippen LogP contribution is 2.21. The molecule has 3 aromatic rings. The summed E-state index contributed by atoms with van der Waals surface area (Å²) in [6.07, 6.45) is 4.98. The molecule has 3 heterocycles. The Bertz CT molecular complexity index is 1030. The molecule has 0 saturated carbocycles. The zero-order valence-corrected chi connectivity index (χ0v) is 18.2. The van der Waals surface area contributed by atoms with Crippen LogP contribution in [0, 0.1) is 5.92 Å². The molecule has 0 atom stereocenters. The third-order valence-corrected chi connectivity index (χ3v) is 6.01. The molecule has 1 aliphatic rings. The van der Waals surface area contributed by atoms with Gasteiger partial charge >= 0.3 is 0 Å². The van der Waals surface area contributed by atoms with Crippen LogP contribution in [0.3, 0.4) is 0 Å². The number of thiazole rings is 1. The monoisotopic (exact) mass is 439 g/mol. The molecule has 0 radical (unpaired) electrons. The lowest BCUT2D eigenvalue weighted by Gasteiger charge is -2.32. The predicted molar refractivity (Wildman–Crippen MR) is 117 cm³/mol. The van der Waals surface area contributed by atoms with E-state index in [1.165, 1.54) is 11.3 Å². The van der Waals surface area contributed by atoms with Crippen LogP contribution in [0.15, 0.2) is 47.5 Å². The van der Waals surface area contributed by atoms with Gasteiger partial charge in [0.1, 0.15) is 12.4 Å². The molecule has 1 N–H and O–H groups in total. The van der Waals surface area contributed by atoms with E-state index in [-0.39, 0.29) is 11.8 Å². The fourth-order valence-electron chi connectivity index (χ4n) is 3.59. The molecule has 31 heavy (non-hydrogen) atoms. The number of carbonyl (C=O) groups excluding carboxylic acids is 2. The van der Waals surface area contributed by atoms with Crippen molar-refractivity contribution in [1.29, 1.82) is 0 Å². The molecule has 1 saturated heterocycles. The second-order valence-corrected chi connectivity index (χ2v) is 8.36. The number of aromatic nitrogens is 3. The number of carbonyl (C=O) groups is 2. The van der Waals surface area contributed by atoms with Crippen LogP contribution in [0.5, 0.6) is 5.75 Å². The summed E-state index contributed by atoms with van der Waals surface area (Å²) >= 11 is 1.53. The fraction of sp³-hybridized carbons (Fsp3) is 0.364. The summed E-state index contributed by atoms with van der Waals surface area (Å²) in [7, 11) is 1.78. The lowest BCUT2D eigenvalue weighted by atomic mass is 9.96. The Morgan fingerprint density at radius 3 is 2.81 bits per heavy atom. The minimum atomic E-state index is -0.110. The van der Waals surface area contributed by atoms with Gasteiger partial charge in [-0.1, -0.05) is 6.07 Å². The Labute approximate surface area is 184 Å². The van der Waals surface area contributed by atoms with Crippen LogP contribution < -0.4 is 10.1 Å². The molecular formula is C22H25N5O3S. The minimum absolute atomic E-state index is 0.0111. The van der Waals surface area contributed by atoms with E-state index in [2.05, 4.69) is 15.4 Å². The van der Waals surface area contributed by atoms with E-state index in [0.29, 0.717) is 49.0 Å². The van der Waals surface area contributed by atoms with Gasteiger partial charge in [0.2, 0.25) is 0 Å². The summed E-state index contributed by atoms with van der Waals surface area (Å²) in [6, 6.07) is 7.29. The molecule has 2 aromatic heterocycles. The molecule has 8 nitrogen and oxygen atoms in total. The largest absolute Gasteiger partial charge is 0.487 e. The maximum Gasteiger partial charge on any atom is 0.254 e. The molecule has 0 bridgehead atoms. The van der Waals surface area contributed by atoms with Crippen LogP contribution in [-0.2, 0) is 13.7 Å². The molecule has 1 aromatic carbocycles. The number of ether oxygens (including phenoxy) is 1. The number of amides is 2. The number of likely N-dealkylation sites (tertiary alicyclic amines) is 1. The van der Waals surface area contributed by atoms with Gasteiger partial charge in [0.25, 0.3) is 11.8 Å². The number of nitrogens with zero attached hydrogens (tertiary/aromatic N) is 4. The number of benzene rings is 1. The predicted octanol–water partition coefficient (Wildman–Crippen LogP) is 2.74. The van der Waals surface area contributed by atoms with Gasteiger partial charge in [0, 0.05) is 43.8 Å². The zero-order valence-electron chi connectivity index (χ0n) is 17.4. The minimum Gasteiger partial charge on any atom is -0.487 e. The van der Waals surface area contributed by atoms with Gasteiger partial charge in [-0.15, -0.1) is 11.3 Å². The van der Waals surface area contributed by atoms with Crippen molar-refractivity contribution in [3.8, 4) is 5.75 Å². The highest BCUT2D eigenvalue weighted by atomic mass is 32.1. The van der Waals surface area contributed by atoms with Crippen molar-refractivity contribution in [1.82, 2.24) is 25.0 Å². The molecule has 162 valence electrons. The van der Waals surface area contributed by atoms with Crippen molar-refractivity contribution in [2.24, 2.45) is 13.0 Å². The summed E-state index contributed by atoms with van der Waals surface area (Å²) in [5.74, 6) is 0.919. The summed E-state index contributed by atoms with van der Waals surface area (Å²) in [4.78, 5) is 31.2. The van der Waals surface area contributed by atoms with E-state index in [0.717, 1.165) is 18.5 Å². The SMILES string of the molecule is Cn1cc(C(=O)NCC2CCN(C(=O)c3cccc(OCc4cscn4)c3)CC2)cn1. The number of hydrogen-bond donors (Lipinski definition) is 1. The third-order valence-electron chi connectivity index (χ3n) is 5.37. The van der Waals surface area contributed by atoms with Crippen molar-refractivity contribution < 1.29 is 14.3 Å². The molecule has 9 heteroatoms. The van der Waals surface area contributed by atoms with Crippen LogP contribution >= 0.6 is 11.3 Å². The van der Waals surface area contributed by atoms with Gasteiger partial charge in [-0.05, 0) is 37.0 Å². The Morgan fingerprint density at radius 2 is 2.10 bits per heavy atom. The van der Waals surface area contributed by atoms with Crippen molar-refractivity contribution in [2.45, 2.75) is 19.4 Å². The number of aryl methyl sites for hydroxylation is 1. The van der Waals surface area contributed by atoms with Crippen LogP contribution in [0.4, 0.5) is 0 Å². The molecular weight excluding hydrogens is 414 g/mol. The average Bonchev–Trinajstić information content (AvgIpc) is 3.48. The first kappa shape index (κ1) is 21.0. The van der Waals surface area contributed by atoms with Crippen LogP contribution in [-0.4, -0.2) is 51.1 Å². The first-order chi connectivity index (χ1) is 15.1. The number of nitrogens with one attached hydrogen (secondary N) is 1.